The van der Waals surface area contributed by atoms with Crippen molar-refractivity contribution in [3.63, 3.8) is 0 Å². The fourth-order valence-corrected chi connectivity index (χ4v) is 9.61. The zero-order chi connectivity index (χ0) is 68.2. The number of amides is 8. The minimum atomic E-state index is -1.54. The highest BCUT2D eigenvalue weighted by Crippen LogP contribution is 2.25. The number of ether oxygens (including phenoxy) is 10. The summed E-state index contributed by atoms with van der Waals surface area (Å²) >= 11 is 0. The van der Waals surface area contributed by atoms with Crippen LogP contribution in [0.25, 0.3) is 0 Å². The lowest BCUT2D eigenvalue weighted by atomic mass is 9.97. The molecule has 0 radical (unpaired) electrons. The molecule has 3 aliphatic rings. The summed E-state index contributed by atoms with van der Waals surface area (Å²) in [5, 5.41) is 113. The molecule has 3 saturated heterocycles. The second-order valence-electron chi connectivity index (χ2n) is 22.7. The molecule has 17 N–H and O–H groups in total. The van der Waals surface area contributed by atoms with E-state index in [0.29, 0.717) is 19.6 Å². The zero-order valence-corrected chi connectivity index (χ0v) is 53.2. The summed E-state index contributed by atoms with van der Waals surface area (Å²) in [7, 11) is 0. The number of aliphatic hydroxyl groups is 9. The van der Waals surface area contributed by atoms with Crippen molar-refractivity contribution in [1.29, 1.82) is 0 Å². The summed E-state index contributed by atoms with van der Waals surface area (Å²) in [5.74, 6) is -3.77. The third kappa shape index (κ3) is 30.6. The molecule has 92 heavy (non-hydrogen) atoms. The Kier molecular flexibility index (Phi) is 39.4. The Bertz CT molecular complexity index is 2000. The molecule has 35 nitrogen and oxygen atoms in total. The van der Waals surface area contributed by atoms with Gasteiger partial charge in [0.2, 0.25) is 47.3 Å². The highest BCUT2D eigenvalue weighted by atomic mass is 16.7. The Hall–Kier alpha value is -5.00. The van der Waals surface area contributed by atoms with Crippen LogP contribution in [-0.2, 0) is 85.7 Å². The largest absolute Gasteiger partial charge is 0.394 e. The van der Waals surface area contributed by atoms with Crippen LogP contribution < -0.4 is 42.5 Å². The molecule has 3 rings (SSSR count). The first kappa shape index (κ1) is 81.2. The monoisotopic (exact) mass is 1330 g/mol. The predicted octanol–water partition coefficient (Wildman–Crippen LogP) is -7.44. The van der Waals surface area contributed by atoms with Gasteiger partial charge in [0.1, 0.15) is 78.6 Å². The molecule has 0 spiro atoms. The van der Waals surface area contributed by atoms with Gasteiger partial charge in [-0.3, -0.25) is 38.4 Å². The number of rotatable bonds is 46. The van der Waals surface area contributed by atoms with Crippen molar-refractivity contribution in [2.45, 2.75) is 202 Å². The SMILES string of the molecule is CC(=O)NC1[C@H](OCCCNC(=O)CCOCC(COCCC(=O)NCCCO[C@@H]2OC(CO)[C@@H](O)[C@H](O)C2NC(C)=O)(COCCC(=O)NCCCO[C@@H]2OC(CO)[C@@H](O)[C@H](O)C2NC(C)=O)NC(=O)CCCC(=O)NCCCOC(C)C)OC(CO)[C@@H](O)[C@@H]1O. The predicted molar refractivity (Wildman–Crippen MR) is 317 cm³/mol. The second kappa shape index (κ2) is 44.6. The van der Waals surface area contributed by atoms with E-state index in [0.717, 1.165) is 0 Å². The summed E-state index contributed by atoms with van der Waals surface area (Å²) in [6.07, 6.45) is -15.6. The average Bonchev–Trinajstić information content (AvgIpc) is 0.921. The fourth-order valence-electron chi connectivity index (χ4n) is 9.61. The van der Waals surface area contributed by atoms with Gasteiger partial charge in [-0.1, -0.05) is 0 Å². The minimum absolute atomic E-state index is 0.00877. The van der Waals surface area contributed by atoms with Gasteiger partial charge in [0.25, 0.3) is 0 Å². The van der Waals surface area contributed by atoms with Crippen molar-refractivity contribution in [2.75, 3.05) is 112 Å². The molecule has 3 aliphatic heterocycles. The summed E-state index contributed by atoms with van der Waals surface area (Å²) in [5.41, 5.74) is -1.54. The normalized spacial score (nSPS) is 27.1. The van der Waals surface area contributed by atoms with Crippen LogP contribution in [0, 0.1) is 0 Å². The van der Waals surface area contributed by atoms with Gasteiger partial charge in [-0.15, -0.1) is 0 Å². The summed E-state index contributed by atoms with van der Waals surface area (Å²) in [4.78, 5) is 101. The average molecular weight is 1330 g/mol. The topological polar surface area (TPSA) is 507 Å². The van der Waals surface area contributed by atoms with Gasteiger partial charge in [-0.2, -0.15) is 0 Å². The van der Waals surface area contributed by atoms with Crippen molar-refractivity contribution in [2.24, 2.45) is 0 Å². The van der Waals surface area contributed by atoms with Crippen molar-refractivity contribution in [1.82, 2.24) is 42.5 Å². The van der Waals surface area contributed by atoms with E-state index in [1.54, 1.807) is 0 Å². The van der Waals surface area contributed by atoms with Crippen LogP contribution in [0.2, 0.25) is 0 Å². The van der Waals surface area contributed by atoms with Crippen LogP contribution >= 0.6 is 0 Å². The van der Waals surface area contributed by atoms with Gasteiger partial charge >= 0.3 is 0 Å². The molecular weight excluding hydrogens is 1230 g/mol. The quantitative estimate of drug-likeness (QED) is 0.0252. The molecule has 0 aromatic rings. The summed E-state index contributed by atoms with van der Waals surface area (Å²) < 4.78 is 57.4. The first-order valence-electron chi connectivity index (χ1n) is 31.1. The first-order valence-corrected chi connectivity index (χ1v) is 31.1. The Balaban J connectivity index is 1.67. The van der Waals surface area contributed by atoms with Gasteiger partial charge < -0.3 is 136 Å². The number of hydrogen-bond acceptors (Lipinski definition) is 27. The molecule has 6 unspecified atom stereocenters. The van der Waals surface area contributed by atoms with Crippen LogP contribution in [0.15, 0.2) is 0 Å². The van der Waals surface area contributed by atoms with Gasteiger partial charge in [-0.25, -0.2) is 0 Å². The zero-order valence-electron chi connectivity index (χ0n) is 53.2. The van der Waals surface area contributed by atoms with E-state index in [2.05, 4.69) is 42.5 Å². The molecule has 0 aromatic heterocycles. The minimum Gasteiger partial charge on any atom is -0.394 e. The molecule has 532 valence electrons. The smallest absolute Gasteiger partial charge is 0.222 e. The van der Waals surface area contributed by atoms with Crippen LogP contribution in [0.5, 0.6) is 0 Å². The molecule has 35 heteroatoms. The Morgan fingerprint density at radius 2 is 0.696 bits per heavy atom. The maximum Gasteiger partial charge on any atom is 0.222 e. The van der Waals surface area contributed by atoms with Crippen LogP contribution in [0.1, 0.15) is 98.8 Å². The van der Waals surface area contributed by atoms with E-state index in [1.807, 2.05) is 13.8 Å². The lowest BCUT2D eigenvalue weighted by molar-refractivity contribution is -0.270. The highest BCUT2D eigenvalue weighted by molar-refractivity contribution is 5.80. The molecule has 0 saturated carbocycles. The van der Waals surface area contributed by atoms with Crippen LogP contribution in [0.4, 0.5) is 0 Å². The van der Waals surface area contributed by atoms with Crippen LogP contribution in [0.3, 0.4) is 0 Å². The molecule has 3 fully saturated rings. The van der Waals surface area contributed by atoms with E-state index >= 15 is 0 Å². The summed E-state index contributed by atoms with van der Waals surface area (Å²) in [6, 6.07) is -3.47. The van der Waals surface area contributed by atoms with Crippen molar-refractivity contribution in [3.05, 3.63) is 0 Å². The van der Waals surface area contributed by atoms with Gasteiger partial charge in [-0.05, 0) is 46.0 Å². The van der Waals surface area contributed by atoms with E-state index in [1.165, 1.54) is 20.8 Å². The van der Waals surface area contributed by atoms with Gasteiger partial charge in [0, 0.05) is 85.7 Å². The van der Waals surface area contributed by atoms with E-state index in [9.17, 15) is 84.3 Å². The van der Waals surface area contributed by atoms with Gasteiger partial charge in [0.15, 0.2) is 18.9 Å². The van der Waals surface area contributed by atoms with Crippen molar-refractivity contribution < 1.29 is 132 Å². The molecular formula is C57H102N8O27. The maximum absolute atomic E-state index is 13.8. The number of carbonyl (C=O) groups excluding carboxylic acids is 8. The number of carbonyl (C=O) groups is 8. The van der Waals surface area contributed by atoms with E-state index in [4.69, 9.17) is 47.4 Å². The van der Waals surface area contributed by atoms with Crippen molar-refractivity contribution >= 4 is 47.3 Å². The van der Waals surface area contributed by atoms with E-state index in [-0.39, 0.29) is 149 Å². The van der Waals surface area contributed by atoms with E-state index < -0.39 is 159 Å². The number of nitrogens with one attached hydrogen (secondary N) is 8. The molecule has 0 bridgehead atoms. The van der Waals surface area contributed by atoms with Gasteiger partial charge in [0.05, 0.1) is 85.4 Å². The second-order valence-corrected chi connectivity index (χ2v) is 22.7. The standard InChI is InChI=1S/C57H102N8O27/c1-33(2)86-20-7-16-58-40(72)11-6-12-44(76)65-57(30-83-24-13-41(73)59-17-8-21-87-54-45(62-34(3)69)51(80)48(77)37(27-66)90-54,31-84-25-14-42(74)60-18-9-22-88-55-46(63-35(4)70)52(81)49(78)38(28-67)91-55)32-85-26-15-43(75)61-19-10-23-89-56-47(64-36(5)71)53(82)50(79)39(29-68)92-56/h33,37-39,45-56,66-68,77-82H,6-32H2,1-5H3,(H,58,72)(H,59,73)(H,60,74)(H,61,75)(H,62,69)(H,63,70)(H,64,71)(H,65,76)/t37?,38?,39?,45?,46?,47?,48-,49-,50-,51-,52-,53-,54-,55-,56-,57?/m1/s1. The van der Waals surface area contributed by atoms with Crippen molar-refractivity contribution in [3.8, 4) is 0 Å². The Morgan fingerprint density at radius 1 is 0.402 bits per heavy atom. The highest BCUT2D eigenvalue weighted by Gasteiger charge is 2.48. The molecule has 3 heterocycles. The molecule has 8 amide bonds. The molecule has 15 atom stereocenters. The third-order valence-corrected chi connectivity index (χ3v) is 14.4. The Labute approximate surface area is 534 Å². The first-order chi connectivity index (χ1) is 43.8. The Morgan fingerprint density at radius 3 is 0.989 bits per heavy atom. The lowest BCUT2D eigenvalue weighted by Gasteiger charge is -2.42. The lowest BCUT2D eigenvalue weighted by Crippen LogP contribution is -2.64. The maximum atomic E-state index is 13.8. The third-order valence-electron chi connectivity index (χ3n) is 14.4. The molecule has 0 aliphatic carbocycles. The fraction of sp³-hybridized carbons (Fsp3) is 0.860. The number of hydrogen-bond donors (Lipinski definition) is 17. The van der Waals surface area contributed by atoms with Crippen LogP contribution in [-0.4, -0.2) is 309 Å². The summed E-state index contributed by atoms with van der Waals surface area (Å²) in [6.45, 7) is 4.85. The number of aliphatic hydroxyl groups excluding tert-OH is 9. The molecule has 0 aromatic carbocycles.